The van der Waals surface area contributed by atoms with Crippen molar-refractivity contribution >= 4 is 34.1 Å². The minimum Gasteiger partial charge on any atom is -0.437 e. The smallest absolute Gasteiger partial charge is 0.220 e. The molecule has 0 aliphatic carbocycles. The van der Waals surface area contributed by atoms with Crippen LogP contribution in [0.5, 0.6) is 11.6 Å². The van der Waals surface area contributed by atoms with Crippen LogP contribution in [-0.4, -0.2) is 4.98 Å². The van der Waals surface area contributed by atoms with Gasteiger partial charge in [0, 0.05) is 17.3 Å². The fourth-order valence-electron chi connectivity index (χ4n) is 2.05. The summed E-state index contributed by atoms with van der Waals surface area (Å²) in [5.41, 5.74) is 1.69. The standard InChI is InChI=1S/C16H10Cl2FNO/c17-9-10-7-16(20-14-4-2-1-3-12(10)14)21-15-6-5-11(19)8-13(15)18/h1-8H,9H2. The van der Waals surface area contributed by atoms with Gasteiger partial charge in [-0.15, -0.1) is 11.6 Å². The van der Waals surface area contributed by atoms with E-state index >= 15 is 0 Å². The van der Waals surface area contributed by atoms with Gasteiger partial charge in [0.1, 0.15) is 11.6 Å². The molecule has 0 N–H and O–H groups in total. The second-order valence-corrected chi connectivity index (χ2v) is 5.12. The molecule has 0 aliphatic rings. The minimum absolute atomic E-state index is 0.192. The summed E-state index contributed by atoms with van der Waals surface area (Å²) in [6, 6.07) is 13.4. The molecule has 3 rings (SSSR count). The van der Waals surface area contributed by atoms with E-state index in [1.54, 1.807) is 6.07 Å². The number of pyridine rings is 1. The Kier molecular flexibility index (Phi) is 3.95. The Morgan fingerprint density at radius 3 is 2.67 bits per heavy atom. The summed E-state index contributed by atoms with van der Waals surface area (Å²) in [4.78, 5) is 4.41. The number of rotatable bonds is 3. The van der Waals surface area contributed by atoms with E-state index in [0.717, 1.165) is 16.5 Å². The molecule has 106 valence electrons. The first-order valence-corrected chi connectivity index (χ1v) is 7.16. The van der Waals surface area contributed by atoms with Gasteiger partial charge in [-0.25, -0.2) is 9.37 Å². The van der Waals surface area contributed by atoms with Crippen molar-refractivity contribution in [1.82, 2.24) is 4.98 Å². The fraction of sp³-hybridized carbons (Fsp3) is 0.0625. The van der Waals surface area contributed by atoms with Gasteiger partial charge in [-0.1, -0.05) is 29.8 Å². The highest BCUT2D eigenvalue weighted by Crippen LogP contribution is 2.31. The number of hydrogen-bond donors (Lipinski definition) is 0. The van der Waals surface area contributed by atoms with Crippen LogP contribution in [0.4, 0.5) is 4.39 Å². The molecule has 0 saturated heterocycles. The molecular formula is C16H10Cl2FNO. The molecule has 0 bridgehead atoms. The lowest BCUT2D eigenvalue weighted by molar-refractivity contribution is 0.463. The van der Waals surface area contributed by atoms with Crippen LogP contribution in [0, 0.1) is 5.82 Å². The van der Waals surface area contributed by atoms with Crippen molar-refractivity contribution in [2.45, 2.75) is 5.88 Å². The summed E-state index contributed by atoms with van der Waals surface area (Å²) in [5.74, 6) is 0.649. The van der Waals surface area contributed by atoms with Crippen molar-refractivity contribution in [3.05, 3.63) is 64.9 Å². The van der Waals surface area contributed by atoms with Crippen LogP contribution in [0.25, 0.3) is 10.9 Å². The van der Waals surface area contributed by atoms with Crippen molar-refractivity contribution in [2.24, 2.45) is 0 Å². The van der Waals surface area contributed by atoms with Gasteiger partial charge in [0.2, 0.25) is 5.88 Å². The third-order valence-electron chi connectivity index (χ3n) is 3.03. The molecule has 0 saturated carbocycles. The number of aromatic nitrogens is 1. The molecule has 0 amide bonds. The highest BCUT2D eigenvalue weighted by atomic mass is 35.5. The maximum atomic E-state index is 13.0. The van der Waals surface area contributed by atoms with Crippen molar-refractivity contribution in [3.8, 4) is 11.6 Å². The van der Waals surface area contributed by atoms with E-state index in [4.69, 9.17) is 27.9 Å². The molecule has 0 aliphatic heterocycles. The molecule has 0 atom stereocenters. The summed E-state index contributed by atoms with van der Waals surface area (Å²) in [6.07, 6.45) is 0. The fourth-order valence-corrected chi connectivity index (χ4v) is 2.48. The zero-order valence-electron chi connectivity index (χ0n) is 10.8. The molecule has 1 aromatic heterocycles. The molecule has 21 heavy (non-hydrogen) atoms. The van der Waals surface area contributed by atoms with Crippen LogP contribution < -0.4 is 4.74 Å². The molecule has 0 radical (unpaired) electrons. The third-order valence-corrected chi connectivity index (χ3v) is 3.61. The molecule has 1 heterocycles. The summed E-state index contributed by atoms with van der Waals surface area (Å²) in [7, 11) is 0. The van der Waals surface area contributed by atoms with Crippen molar-refractivity contribution in [2.75, 3.05) is 0 Å². The maximum Gasteiger partial charge on any atom is 0.220 e. The summed E-state index contributed by atoms with van der Waals surface area (Å²) < 4.78 is 18.7. The maximum absolute atomic E-state index is 13.0. The van der Waals surface area contributed by atoms with Crippen LogP contribution in [0.1, 0.15) is 5.56 Å². The SMILES string of the molecule is Fc1ccc(Oc2cc(CCl)c3ccccc3n2)c(Cl)c1. The number of fused-ring (bicyclic) bond motifs is 1. The average Bonchev–Trinajstić information content (AvgIpc) is 2.49. The van der Waals surface area contributed by atoms with Gasteiger partial charge in [-0.2, -0.15) is 0 Å². The number of halogens is 3. The summed E-state index contributed by atoms with van der Waals surface area (Å²) >= 11 is 11.9. The van der Waals surface area contributed by atoms with Crippen molar-refractivity contribution < 1.29 is 9.13 Å². The Labute approximate surface area is 131 Å². The van der Waals surface area contributed by atoms with Gasteiger partial charge in [-0.05, 0) is 29.8 Å². The second-order valence-electron chi connectivity index (χ2n) is 4.45. The molecule has 0 unspecified atom stereocenters. The van der Waals surface area contributed by atoms with Crippen LogP contribution in [0.3, 0.4) is 0 Å². The van der Waals surface area contributed by atoms with Gasteiger partial charge in [0.05, 0.1) is 10.5 Å². The van der Waals surface area contributed by atoms with Gasteiger partial charge in [0.25, 0.3) is 0 Å². The summed E-state index contributed by atoms with van der Waals surface area (Å²) in [6.45, 7) is 0. The highest BCUT2D eigenvalue weighted by Gasteiger charge is 2.09. The first kappa shape index (κ1) is 14.1. The second kappa shape index (κ2) is 5.88. The van der Waals surface area contributed by atoms with E-state index < -0.39 is 5.82 Å². The monoisotopic (exact) mass is 321 g/mol. The highest BCUT2D eigenvalue weighted by molar-refractivity contribution is 6.32. The predicted octanol–water partition coefficient (Wildman–Crippen LogP) is 5.56. The topological polar surface area (TPSA) is 22.1 Å². The van der Waals surface area contributed by atoms with E-state index in [0.29, 0.717) is 17.5 Å². The molecular weight excluding hydrogens is 312 g/mol. The molecule has 0 fully saturated rings. The lowest BCUT2D eigenvalue weighted by atomic mass is 10.1. The Morgan fingerprint density at radius 1 is 1.10 bits per heavy atom. The number of nitrogens with zero attached hydrogens (tertiary/aromatic N) is 1. The first-order valence-electron chi connectivity index (χ1n) is 6.25. The van der Waals surface area contributed by atoms with Crippen LogP contribution in [-0.2, 0) is 5.88 Å². The largest absolute Gasteiger partial charge is 0.437 e. The van der Waals surface area contributed by atoms with Crippen molar-refractivity contribution in [3.63, 3.8) is 0 Å². The van der Waals surface area contributed by atoms with E-state index in [1.807, 2.05) is 24.3 Å². The average molecular weight is 322 g/mol. The van der Waals surface area contributed by atoms with E-state index in [1.165, 1.54) is 18.2 Å². The molecule has 3 aromatic rings. The lowest BCUT2D eigenvalue weighted by Gasteiger charge is -2.10. The minimum atomic E-state index is -0.416. The van der Waals surface area contributed by atoms with Crippen molar-refractivity contribution in [1.29, 1.82) is 0 Å². The summed E-state index contributed by atoms with van der Waals surface area (Å²) in [5, 5.41) is 1.17. The Bertz CT molecular complexity index is 807. The molecule has 0 spiro atoms. The molecule has 2 aromatic carbocycles. The van der Waals surface area contributed by atoms with E-state index in [2.05, 4.69) is 4.98 Å². The number of benzene rings is 2. The quantitative estimate of drug-likeness (QED) is 0.589. The van der Waals surface area contributed by atoms with Crippen LogP contribution in [0.15, 0.2) is 48.5 Å². The van der Waals surface area contributed by atoms with Gasteiger partial charge in [0.15, 0.2) is 0 Å². The Balaban J connectivity index is 2.04. The number of para-hydroxylation sites is 1. The first-order chi connectivity index (χ1) is 10.2. The molecule has 2 nitrogen and oxygen atoms in total. The van der Waals surface area contributed by atoms with E-state index in [9.17, 15) is 4.39 Å². The molecule has 5 heteroatoms. The zero-order chi connectivity index (χ0) is 14.8. The number of hydrogen-bond acceptors (Lipinski definition) is 2. The Hall–Kier alpha value is -1.84. The van der Waals surface area contributed by atoms with Gasteiger partial charge < -0.3 is 4.74 Å². The van der Waals surface area contributed by atoms with Gasteiger partial charge >= 0.3 is 0 Å². The Morgan fingerprint density at radius 2 is 1.90 bits per heavy atom. The normalized spacial score (nSPS) is 10.8. The lowest BCUT2D eigenvalue weighted by Crippen LogP contribution is -1.93. The predicted molar refractivity (Wildman–Crippen MR) is 82.8 cm³/mol. The van der Waals surface area contributed by atoms with E-state index in [-0.39, 0.29) is 5.02 Å². The third kappa shape index (κ3) is 2.94. The van der Waals surface area contributed by atoms with Crippen LogP contribution in [0.2, 0.25) is 5.02 Å². The van der Waals surface area contributed by atoms with Gasteiger partial charge in [-0.3, -0.25) is 0 Å². The number of ether oxygens (including phenoxy) is 1. The number of alkyl halides is 1. The van der Waals surface area contributed by atoms with Crippen LogP contribution >= 0.6 is 23.2 Å². The zero-order valence-corrected chi connectivity index (χ0v) is 12.3.